The maximum Gasteiger partial charge on any atom is 0.154 e. The summed E-state index contributed by atoms with van der Waals surface area (Å²) in [6, 6.07) is 0. The molecule has 0 N–H and O–H groups in total. The Morgan fingerprint density at radius 1 is 0.857 bits per heavy atom. The van der Waals surface area contributed by atoms with Crippen molar-refractivity contribution in [2.75, 3.05) is 0 Å². The molecule has 0 spiro atoms. The molecule has 0 amide bonds. The summed E-state index contributed by atoms with van der Waals surface area (Å²) in [5.41, 5.74) is 0. The van der Waals surface area contributed by atoms with Crippen molar-refractivity contribution in [2.45, 2.75) is 10.1 Å². The standard InChI is InChI=1S/C6H2Br2N2S4/c7-1-3(11)9-5(13-1)6-10-4(12)2(8)14-6/h11-12H. The number of nitrogens with zero attached hydrogens (tertiary/aromatic N) is 2. The van der Waals surface area contributed by atoms with Crippen molar-refractivity contribution in [1.29, 1.82) is 0 Å². The lowest BCUT2D eigenvalue weighted by Crippen LogP contribution is -1.72. The highest BCUT2D eigenvalue weighted by Gasteiger charge is 2.13. The normalized spacial score (nSPS) is 10.9. The van der Waals surface area contributed by atoms with Crippen LogP contribution in [0.4, 0.5) is 0 Å². The van der Waals surface area contributed by atoms with Crippen LogP contribution in [-0.4, -0.2) is 9.97 Å². The van der Waals surface area contributed by atoms with Crippen LogP contribution in [0.25, 0.3) is 10.0 Å². The fourth-order valence-corrected chi connectivity index (χ4v) is 3.88. The monoisotopic (exact) mass is 388 g/mol. The maximum absolute atomic E-state index is 4.26. The smallest absolute Gasteiger partial charge is 0.154 e. The first-order valence-corrected chi connectivity index (χ1v) is 7.40. The van der Waals surface area contributed by atoms with Gasteiger partial charge in [-0.1, -0.05) is 0 Å². The van der Waals surface area contributed by atoms with E-state index >= 15 is 0 Å². The van der Waals surface area contributed by atoms with Crippen LogP contribution in [0.5, 0.6) is 0 Å². The van der Waals surface area contributed by atoms with Gasteiger partial charge in [0.1, 0.15) is 17.6 Å². The van der Waals surface area contributed by atoms with Gasteiger partial charge in [-0.15, -0.1) is 47.9 Å². The van der Waals surface area contributed by atoms with Gasteiger partial charge in [0, 0.05) is 0 Å². The van der Waals surface area contributed by atoms with Crippen LogP contribution in [0, 0.1) is 0 Å². The van der Waals surface area contributed by atoms with E-state index in [1.54, 1.807) is 0 Å². The number of rotatable bonds is 1. The molecule has 0 aromatic carbocycles. The van der Waals surface area contributed by atoms with E-state index in [4.69, 9.17) is 0 Å². The van der Waals surface area contributed by atoms with Crippen LogP contribution in [-0.2, 0) is 0 Å². The molecule has 2 aromatic heterocycles. The molecule has 2 heterocycles. The van der Waals surface area contributed by atoms with E-state index in [2.05, 4.69) is 67.1 Å². The van der Waals surface area contributed by atoms with Gasteiger partial charge < -0.3 is 0 Å². The molecule has 0 unspecified atom stereocenters. The minimum Gasteiger partial charge on any atom is -0.226 e. The largest absolute Gasteiger partial charge is 0.226 e. The summed E-state index contributed by atoms with van der Waals surface area (Å²) < 4.78 is 1.84. The fourth-order valence-electron chi connectivity index (χ4n) is 0.770. The van der Waals surface area contributed by atoms with E-state index < -0.39 is 0 Å². The summed E-state index contributed by atoms with van der Waals surface area (Å²) >= 11 is 18.2. The predicted molar refractivity (Wildman–Crippen MR) is 73.1 cm³/mol. The zero-order chi connectivity index (χ0) is 10.3. The van der Waals surface area contributed by atoms with Crippen LogP contribution in [0.2, 0.25) is 0 Å². The molecule has 2 rings (SSSR count). The topological polar surface area (TPSA) is 25.8 Å². The van der Waals surface area contributed by atoms with Crippen LogP contribution >= 0.6 is 79.8 Å². The second-order valence-electron chi connectivity index (χ2n) is 2.23. The minimum atomic E-state index is 0.692. The third kappa shape index (κ3) is 2.19. The molecule has 0 radical (unpaired) electrons. The number of hydrogen-bond donors (Lipinski definition) is 2. The third-order valence-corrected chi connectivity index (χ3v) is 6.44. The first-order chi connectivity index (χ1) is 6.58. The highest BCUT2D eigenvalue weighted by molar-refractivity contribution is 9.11. The van der Waals surface area contributed by atoms with Gasteiger partial charge in [-0.3, -0.25) is 0 Å². The number of halogens is 2. The second kappa shape index (κ2) is 4.42. The van der Waals surface area contributed by atoms with E-state index in [-0.39, 0.29) is 0 Å². The molecule has 0 aliphatic carbocycles. The maximum atomic E-state index is 4.26. The van der Waals surface area contributed by atoms with E-state index in [0.717, 1.165) is 17.6 Å². The molecule has 0 atom stereocenters. The van der Waals surface area contributed by atoms with Crippen LogP contribution < -0.4 is 0 Å². The van der Waals surface area contributed by atoms with Crippen molar-refractivity contribution in [2.24, 2.45) is 0 Å². The number of thiol groups is 2. The van der Waals surface area contributed by atoms with Gasteiger partial charge in [0.25, 0.3) is 0 Å². The molecule has 0 aliphatic rings. The van der Waals surface area contributed by atoms with Crippen LogP contribution in [0.3, 0.4) is 0 Å². The van der Waals surface area contributed by atoms with Crippen molar-refractivity contribution in [3.8, 4) is 10.0 Å². The average Bonchev–Trinajstić information content (AvgIpc) is 2.60. The second-order valence-corrected chi connectivity index (χ2v) is 7.71. The number of aromatic nitrogens is 2. The lowest BCUT2D eigenvalue weighted by atomic mass is 10.7. The molecular weight excluding hydrogens is 388 g/mol. The summed E-state index contributed by atoms with van der Waals surface area (Å²) in [5, 5.41) is 3.09. The van der Waals surface area contributed by atoms with Crippen LogP contribution in [0.15, 0.2) is 17.6 Å². The van der Waals surface area contributed by atoms with Crippen molar-refractivity contribution in [1.82, 2.24) is 9.97 Å². The average molecular weight is 390 g/mol. The van der Waals surface area contributed by atoms with Gasteiger partial charge in [-0.25, -0.2) is 9.97 Å². The Morgan fingerprint density at radius 2 is 1.21 bits per heavy atom. The quantitative estimate of drug-likeness (QED) is 0.708. The first-order valence-electron chi connectivity index (χ1n) is 3.29. The van der Waals surface area contributed by atoms with Gasteiger partial charge in [-0.05, 0) is 31.9 Å². The SMILES string of the molecule is Sc1nc(-c2nc(S)c(Br)s2)sc1Br. The molecule has 0 saturated carbocycles. The molecule has 14 heavy (non-hydrogen) atoms. The molecule has 2 aromatic rings. The molecule has 74 valence electrons. The Kier molecular flexibility index (Phi) is 3.60. The molecule has 0 bridgehead atoms. The Labute approximate surface area is 116 Å². The molecule has 8 heteroatoms. The summed E-state index contributed by atoms with van der Waals surface area (Å²) in [4.78, 5) is 8.53. The highest BCUT2D eigenvalue weighted by atomic mass is 79.9. The zero-order valence-corrected chi connectivity index (χ0v) is 13.0. The van der Waals surface area contributed by atoms with Crippen LogP contribution in [0.1, 0.15) is 0 Å². The van der Waals surface area contributed by atoms with E-state index in [1.807, 2.05) is 0 Å². The lowest BCUT2D eigenvalue weighted by Gasteiger charge is -1.83. The van der Waals surface area contributed by atoms with Crippen molar-refractivity contribution in [3.63, 3.8) is 0 Å². The lowest BCUT2D eigenvalue weighted by molar-refractivity contribution is 1.16. The summed E-state index contributed by atoms with van der Waals surface area (Å²) in [6.45, 7) is 0. The minimum absolute atomic E-state index is 0.692. The molecular formula is C6H2Br2N2S4. The Bertz CT molecular complexity index is 395. The molecule has 0 saturated heterocycles. The zero-order valence-electron chi connectivity index (χ0n) is 6.36. The Morgan fingerprint density at radius 3 is 1.43 bits per heavy atom. The number of hydrogen-bond acceptors (Lipinski definition) is 6. The Balaban J connectivity index is 2.49. The highest BCUT2D eigenvalue weighted by Crippen LogP contribution is 2.38. The van der Waals surface area contributed by atoms with Crippen molar-refractivity contribution in [3.05, 3.63) is 7.57 Å². The van der Waals surface area contributed by atoms with E-state index in [9.17, 15) is 0 Å². The van der Waals surface area contributed by atoms with Gasteiger partial charge >= 0.3 is 0 Å². The summed E-state index contributed by atoms with van der Waals surface area (Å²) in [7, 11) is 0. The molecule has 0 fully saturated rings. The molecule has 0 aliphatic heterocycles. The van der Waals surface area contributed by atoms with Crippen molar-refractivity contribution < 1.29 is 0 Å². The fraction of sp³-hybridized carbons (Fsp3) is 0. The third-order valence-electron chi connectivity index (χ3n) is 1.32. The van der Waals surface area contributed by atoms with Crippen molar-refractivity contribution >= 4 is 79.8 Å². The summed E-state index contributed by atoms with van der Waals surface area (Å²) in [6.07, 6.45) is 0. The van der Waals surface area contributed by atoms with E-state index in [1.165, 1.54) is 22.7 Å². The van der Waals surface area contributed by atoms with Gasteiger partial charge in [-0.2, -0.15) is 0 Å². The van der Waals surface area contributed by atoms with Gasteiger partial charge in [0.2, 0.25) is 0 Å². The van der Waals surface area contributed by atoms with E-state index in [0.29, 0.717) is 10.1 Å². The van der Waals surface area contributed by atoms with Gasteiger partial charge in [0.15, 0.2) is 10.0 Å². The first kappa shape index (κ1) is 11.4. The number of thiazole rings is 2. The predicted octanol–water partition coefficient (Wildman–Crippen LogP) is 4.37. The van der Waals surface area contributed by atoms with Gasteiger partial charge in [0.05, 0.1) is 0 Å². The molecule has 2 nitrogen and oxygen atoms in total. The summed E-state index contributed by atoms with van der Waals surface area (Å²) in [5.74, 6) is 0. The Hall–Kier alpha value is 0.920.